The minimum Gasteiger partial charge on any atom is -0.305 e. The van der Waals surface area contributed by atoms with Crippen LogP contribution in [0.1, 0.15) is 5.69 Å². The van der Waals surface area contributed by atoms with E-state index in [-0.39, 0.29) is 31.7 Å². The van der Waals surface area contributed by atoms with Crippen LogP contribution in [0.4, 0.5) is 29.3 Å². The second-order valence-electron chi connectivity index (χ2n) is 5.04. The Bertz CT molecular complexity index is 986. The van der Waals surface area contributed by atoms with Crippen LogP contribution in [0.2, 0.25) is 10.0 Å². The predicted octanol–water partition coefficient (Wildman–Crippen LogP) is 6.07. The molecule has 136 valence electrons. The highest BCUT2D eigenvalue weighted by Crippen LogP contribution is 2.36. The minimum absolute atomic E-state index is 0.0735. The van der Waals surface area contributed by atoms with E-state index in [1.165, 1.54) is 34.9 Å². The minimum atomic E-state index is -4.64. The predicted molar refractivity (Wildman–Crippen MR) is 97.0 cm³/mol. The number of fused-ring (bicyclic) bond motifs is 1. The van der Waals surface area contributed by atoms with Crippen LogP contribution in [0, 0.1) is 0 Å². The summed E-state index contributed by atoms with van der Waals surface area (Å²) < 4.78 is 40.0. The number of imidazole rings is 1. The second-order valence-corrected chi connectivity index (χ2v) is 6.61. The van der Waals surface area contributed by atoms with Crippen LogP contribution in [0.5, 0.6) is 0 Å². The number of carbonyl (C=O) groups is 1. The number of hydrogen-bond acceptors (Lipinski definition) is 2. The normalized spacial score (nSPS) is 11.6. The summed E-state index contributed by atoms with van der Waals surface area (Å²) in [5.74, 6) is 0. The number of benzene rings is 1. The molecule has 0 spiro atoms. The van der Waals surface area contributed by atoms with Gasteiger partial charge in [0, 0.05) is 6.20 Å². The van der Waals surface area contributed by atoms with Gasteiger partial charge >= 0.3 is 12.2 Å². The van der Waals surface area contributed by atoms with E-state index in [0.29, 0.717) is 0 Å². The van der Waals surface area contributed by atoms with Crippen molar-refractivity contribution in [3.05, 3.63) is 56.9 Å². The van der Waals surface area contributed by atoms with Gasteiger partial charge < -0.3 is 10.6 Å². The van der Waals surface area contributed by atoms with Crippen molar-refractivity contribution in [2.24, 2.45) is 0 Å². The SMILES string of the molecule is O=C(Nc1c(Cl)cccc1Cl)Nc1cccn2c(Br)c(C(F)(F)F)nc12. The lowest BCUT2D eigenvalue weighted by Gasteiger charge is -2.11. The zero-order valence-electron chi connectivity index (χ0n) is 12.5. The molecule has 0 unspecified atom stereocenters. The van der Waals surface area contributed by atoms with E-state index in [4.69, 9.17) is 23.2 Å². The number of halogens is 6. The third-order valence-electron chi connectivity index (χ3n) is 3.31. The molecule has 0 fully saturated rings. The largest absolute Gasteiger partial charge is 0.436 e. The van der Waals surface area contributed by atoms with Crippen molar-refractivity contribution in [3.8, 4) is 0 Å². The molecule has 0 aliphatic rings. The average Bonchev–Trinajstić information content (AvgIpc) is 2.90. The molecule has 2 heterocycles. The Balaban J connectivity index is 1.93. The molecular weight excluding hydrogens is 460 g/mol. The second kappa shape index (κ2) is 6.98. The lowest BCUT2D eigenvalue weighted by atomic mass is 10.3. The first-order valence-corrected chi connectivity index (χ1v) is 8.49. The van der Waals surface area contributed by atoms with E-state index < -0.39 is 17.9 Å². The lowest BCUT2D eigenvalue weighted by Crippen LogP contribution is -2.20. The van der Waals surface area contributed by atoms with Gasteiger partial charge in [-0.25, -0.2) is 9.78 Å². The molecule has 2 amide bonds. The third kappa shape index (κ3) is 3.60. The summed E-state index contributed by atoms with van der Waals surface area (Å²) in [7, 11) is 0. The number of nitrogens with zero attached hydrogens (tertiary/aromatic N) is 2. The first-order chi connectivity index (χ1) is 12.2. The Morgan fingerprint density at radius 3 is 2.38 bits per heavy atom. The van der Waals surface area contributed by atoms with Crippen LogP contribution in [0.15, 0.2) is 41.1 Å². The maximum absolute atomic E-state index is 13.0. The summed E-state index contributed by atoms with van der Waals surface area (Å²) in [5.41, 5.74) is -0.918. The van der Waals surface area contributed by atoms with Gasteiger partial charge in [-0.15, -0.1) is 0 Å². The molecule has 5 nitrogen and oxygen atoms in total. The van der Waals surface area contributed by atoms with Crippen LogP contribution in [0.3, 0.4) is 0 Å². The van der Waals surface area contributed by atoms with Crippen molar-refractivity contribution in [2.75, 3.05) is 10.6 Å². The van der Waals surface area contributed by atoms with Crippen molar-refractivity contribution in [2.45, 2.75) is 6.18 Å². The van der Waals surface area contributed by atoms with Gasteiger partial charge in [-0.05, 0) is 40.2 Å². The van der Waals surface area contributed by atoms with Gasteiger partial charge in [-0.2, -0.15) is 13.2 Å². The fourth-order valence-electron chi connectivity index (χ4n) is 2.20. The molecule has 0 saturated carbocycles. The topological polar surface area (TPSA) is 58.4 Å². The van der Waals surface area contributed by atoms with E-state index in [1.807, 2.05) is 0 Å². The molecule has 2 aromatic heterocycles. The van der Waals surface area contributed by atoms with Crippen LogP contribution >= 0.6 is 39.1 Å². The van der Waals surface area contributed by atoms with Crippen molar-refractivity contribution in [1.29, 1.82) is 0 Å². The summed E-state index contributed by atoms with van der Waals surface area (Å²) >= 11 is 14.8. The quantitative estimate of drug-likeness (QED) is 0.480. The van der Waals surface area contributed by atoms with Crippen molar-refractivity contribution < 1.29 is 18.0 Å². The van der Waals surface area contributed by atoms with Crippen molar-refractivity contribution in [1.82, 2.24) is 9.38 Å². The number of anilines is 2. The van der Waals surface area contributed by atoms with Gasteiger partial charge in [-0.1, -0.05) is 29.3 Å². The van der Waals surface area contributed by atoms with Crippen molar-refractivity contribution in [3.63, 3.8) is 0 Å². The molecule has 1 aromatic carbocycles. The molecule has 0 saturated heterocycles. The highest BCUT2D eigenvalue weighted by molar-refractivity contribution is 9.10. The van der Waals surface area contributed by atoms with E-state index >= 15 is 0 Å². The van der Waals surface area contributed by atoms with Crippen LogP contribution in [0.25, 0.3) is 5.65 Å². The molecule has 11 heteroatoms. The number of aromatic nitrogens is 2. The fourth-order valence-corrected chi connectivity index (χ4v) is 3.29. The molecular formula is C15H8BrCl2F3N4O. The summed E-state index contributed by atoms with van der Waals surface area (Å²) in [5, 5.41) is 5.33. The number of amides is 2. The molecule has 26 heavy (non-hydrogen) atoms. The number of para-hydroxylation sites is 1. The van der Waals surface area contributed by atoms with Gasteiger partial charge in [0.1, 0.15) is 4.60 Å². The van der Waals surface area contributed by atoms with Crippen LogP contribution in [-0.2, 0) is 6.18 Å². The van der Waals surface area contributed by atoms with E-state index in [9.17, 15) is 18.0 Å². The Kier molecular flexibility index (Phi) is 5.05. The molecule has 0 radical (unpaired) electrons. The fraction of sp³-hybridized carbons (Fsp3) is 0.0667. The highest BCUT2D eigenvalue weighted by atomic mass is 79.9. The smallest absolute Gasteiger partial charge is 0.305 e. The zero-order valence-corrected chi connectivity index (χ0v) is 15.6. The number of pyridine rings is 1. The van der Waals surface area contributed by atoms with E-state index in [1.54, 1.807) is 6.07 Å². The maximum Gasteiger partial charge on any atom is 0.436 e. The monoisotopic (exact) mass is 466 g/mol. The molecule has 2 N–H and O–H groups in total. The van der Waals surface area contributed by atoms with E-state index in [0.717, 1.165) is 0 Å². The van der Waals surface area contributed by atoms with Gasteiger partial charge in [0.15, 0.2) is 11.3 Å². The standard InChI is InChI=1S/C15H8BrCl2F3N4O/c16-12-11(15(19,20)21)24-13-9(5-2-6-25(12)13)22-14(26)23-10-7(17)3-1-4-8(10)18/h1-6H,(H2,22,23,26). The molecule has 0 bridgehead atoms. The van der Waals surface area contributed by atoms with Crippen LogP contribution < -0.4 is 10.6 Å². The van der Waals surface area contributed by atoms with Crippen molar-refractivity contribution >= 4 is 62.2 Å². The Morgan fingerprint density at radius 1 is 1.12 bits per heavy atom. The number of alkyl halides is 3. The number of nitrogens with one attached hydrogen (secondary N) is 2. The van der Waals surface area contributed by atoms with Gasteiger partial charge in [0.05, 0.1) is 21.4 Å². The maximum atomic E-state index is 13.0. The molecule has 3 rings (SSSR count). The summed E-state index contributed by atoms with van der Waals surface area (Å²) in [6, 6.07) is 6.83. The van der Waals surface area contributed by atoms with Gasteiger partial charge in [0.25, 0.3) is 0 Å². The molecule has 0 atom stereocenters. The molecule has 3 aromatic rings. The lowest BCUT2D eigenvalue weighted by molar-refractivity contribution is -0.141. The first-order valence-electron chi connectivity index (χ1n) is 6.94. The summed E-state index contributed by atoms with van der Waals surface area (Å²) in [6.07, 6.45) is -3.26. The summed E-state index contributed by atoms with van der Waals surface area (Å²) in [4.78, 5) is 15.8. The first kappa shape index (κ1) is 18.8. The number of urea groups is 1. The Labute approximate surface area is 163 Å². The Hall–Kier alpha value is -1.97. The number of rotatable bonds is 2. The molecule has 0 aliphatic carbocycles. The molecule has 0 aliphatic heterocycles. The zero-order chi connectivity index (χ0) is 19.1. The third-order valence-corrected chi connectivity index (χ3v) is 4.70. The van der Waals surface area contributed by atoms with Gasteiger partial charge in [0.2, 0.25) is 0 Å². The van der Waals surface area contributed by atoms with Crippen LogP contribution in [-0.4, -0.2) is 15.4 Å². The summed E-state index contributed by atoms with van der Waals surface area (Å²) in [6.45, 7) is 0. The average molecular weight is 468 g/mol. The number of carbonyl (C=O) groups excluding carboxylic acids is 1. The van der Waals surface area contributed by atoms with Gasteiger partial charge in [-0.3, -0.25) is 4.40 Å². The number of hydrogen-bond donors (Lipinski definition) is 2. The Morgan fingerprint density at radius 2 is 1.77 bits per heavy atom. The van der Waals surface area contributed by atoms with E-state index in [2.05, 4.69) is 31.5 Å². The highest BCUT2D eigenvalue weighted by Gasteiger charge is 2.37.